The molecule has 1 rings (SSSR count). The lowest BCUT2D eigenvalue weighted by atomic mass is 10.1. The second kappa shape index (κ2) is 8.70. The van der Waals surface area contributed by atoms with Crippen molar-refractivity contribution >= 4 is 5.91 Å². The maximum absolute atomic E-state index is 12.8. The SMILES string of the molecule is CC.CON(C)C(=O)CCc1cccc(F)c1. The molecule has 0 N–H and O–H groups in total. The summed E-state index contributed by atoms with van der Waals surface area (Å²) >= 11 is 0. The first-order valence-electron chi connectivity index (χ1n) is 5.68. The van der Waals surface area contributed by atoms with Crippen molar-refractivity contribution in [1.82, 2.24) is 5.06 Å². The molecule has 0 aliphatic heterocycles. The molecule has 0 bridgehead atoms. The molecule has 96 valence electrons. The summed E-state index contributed by atoms with van der Waals surface area (Å²) in [5.41, 5.74) is 0.813. The second-order valence-corrected chi connectivity index (χ2v) is 3.20. The quantitative estimate of drug-likeness (QED) is 0.759. The van der Waals surface area contributed by atoms with Gasteiger partial charge in [-0.2, -0.15) is 0 Å². The molecule has 0 aliphatic carbocycles. The molecule has 0 heterocycles. The number of hydrogen-bond acceptors (Lipinski definition) is 2. The van der Waals surface area contributed by atoms with Crippen LogP contribution in [0.25, 0.3) is 0 Å². The Kier molecular flexibility index (Phi) is 7.97. The van der Waals surface area contributed by atoms with Crippen molar-refractivity contribution < 1.29 is 14.0 Å². The van der Waals surface area contributed by atoms with E-state index < -0.39 is 0 Å². The summed E-state index contributed by atoms with van der Waals surface area (Å²) in [5.74, 6) is -0.401. The van der Waals surface area contributed by atoms with E-state index >= 15 is 0 Å². The summed E-state index contributed by atoms with van der Waals surface area (Å²) in [6.45, 7) is 4.00. The zero-order chi connectivity index (χ0) is 13.3. The summed E-state index contributed by atoms with van der Waals surface area (Å²) in [6, 6.07) is 6.24. The van der Waals surface area contributed by atoms with Crippen LogP contribution in [0, 0.1) is 5.82 Å². The van der Waals surface area contributed by atoms with Gasteiger partial charge in [0.2, 0.25) is 5.91 Å². The van der Waals surface area contributed by atoms with Gasteiger partial charge in [-0.1, -0.05) is 26.0 Å². The number of rotatable bonds is 4. The summed E-state index contributed by atoms with van der Waals surface area (Å²) in [5, 5.41) is 1.17. The molecule has 1 amide bonds. The Labute approximate surface area is 102 Å². The Balaban J connectivity index is 0.00000121. The van der Waals surface area contributed by atoms with Crippen LogP contribution >= 0.6 is 0 Å². The number of hydrogen-bond donors (Lipinski definition) is 0. The zero-order valence-electron chi connectivity index (χ0n) is 10.9. The maximum atomic E-state index is 12.8. The lowest BCUT2D eigenvalue weighted by molar-refractivity contribution is -0.168. The lowest BCUT2D eigenvalue weighted by Crippen LogP contribution is -2.25. The number of carbonyl (C=O) groups excluding carboxylic acids is 1. The fraction of sp³-hybridized carbons (Fsp3) is 0.462. The number of nitrogens with zero attached hydrogens (tertiary/aromatic N) is 1. The van der Waals surface area contributed by atoms with Crippen LogP contribution in [0.5, 0.6) is 0 Å². The molecule has 0 fully saturated rings. The highest BCUT2D eigenvalue weighted by molar-refractivity contribution is 5.75. The Morgan fingerprint density at radius 1 is 1.41 bits per heavy atom. The van der Waals surface area contributed by atoms with Gasteiger partial charge in [0.05, 0.1) is 7.11 Å². The Bertz CT molecular complexity index is 342. The van der Waals surface area contributed by atoms with E-state index in [1.54, 1.807) is 19.2 Å². The van der Waals surface area contributed by atoms with Crippen molar-refractivity contribution in [3.05, 3.63) is 35.6 Å². The smallest absolute Gasteiger partial charge is 0.246 e. The predicted octanol–water partition coefficient (Wildman–Crippen LogP) is 2.80. The molecule has 4 heteroatoms. The molecule has 17 heavy (non-hydrogen) atoms. The Hall–Kier alpha value is -1.42. The van der Waals surface area contributed by atoms with Gasteiger partial charge in [-0.05, 0) is 24.1 Å². The van der Waals surface area contributed by atoms with Crippen LogP contribution in [0.2, 0.25) is 0 Å². The highest BCUT2D eigenvalue weighted by Crippen LogP contribution is 2.07. The molecular weight excluding hydrogens is 221 g/mol. The van der Waals surface area contributed by atoms with Gasteiger partial charge >= 0.3 is 0 Å². The first-order valence-corrected chi connectivity index (χ1v) is 5.68. The molecule has 0 aliphatic rings. The minimum Gasteiger partial charge on any atom is -0.275 e. The van der Waals surface area contributed by atoms with Gasteiger partial charge in [0.15, 0.2) is 0 Å². The lowest BCUT2D eigenvalue weighted by Gasteiger charge is -2.13. The van der Waals surface area contributed by atoms with Crippen LogP contribution in [0.1, 0.15) is 25.8 Å². The molecule has 0 atom stereocenters. The highest BCUT2D eigenvalue weighted by Gasteiger charge is 2.07. The van der Waals surface area contributed by atoms with E-state index in [0.29, 0.717) is 12.8 Å². The van der Waals surface area contributed by atoms with Crippen molar-refractivity contribution in [3.63, 3.8) is 0 Å². The first-order chi connectivity index (χ1) is 8.13. The maximum Gasteiger partial charge on any atom is 0.246 e. The molecular formula is C13H20FNO2. The van der Waals surface area contributed by atoms with Crippen LogP contribution in [0.3, 0.4) is 0 Å². The van der Waals surface area contributed by atoms with E-state index in [1.807, 2.05) is 13.8 Å². The third kappa shape index (κ3) is 6.02. The fourth-order valence-electron chi connectivity index (χ4n) is 1.20. The second-order valence-electron chi connectivity index (χ2n) is 3.20. The Morgan fingerprint density at radius 3 is 2.59 bits per heavy atom. The van der Waals surface area contributed by atoms with Gasteiger partial charge in [0.25, 0.3) is 0 Å². The van der Waals surface area contributed by atoms with Crippen molar-refractivity contribution in [2.45, 2.75) is 26.7 Å². The molecule has 0 saturated carbocycles. The molecule has 0 radical (unpaired) electrons. The summed E-state index contributed by atoms with van der Waals surface area (Å²) in [4.78, 5) is 16.1. The van der Waals surface area contributed by atoms with Gasteiger partial charge in [-0.25, -0.2) is 9.45 Å². The van der Waals surface area contributed by atoms with Crippen LogP contribution in [0.15, 0.2) is 24.3 Å². The molecule has 0 unspecified atom stereocenters. The topological polar surface area (TPSA) is 29.5 Å². The van der Waals surface area contributed by atoms with Gasteiger partial charge in [0.1, 0.15) is 5.82 Å². The molecule has 1 aromatic carbocycles. The number of aryl methyl sites for hydroxylation is 1. The highest BCUT2D eigenvalue weighted by atomic mass is 19.1. The van der Waals surface area contributed by atoms with Gasteiger partial charge in [0, 0.05) is 13.5 Å². The molecule has 0 aromatic heterocycles. The van der Waals surface area contributed by atoms with E-state index in [-0.39, 0.29) is 11.7 Å². The van der Waals surface area contributed by atoms with Crippen LogP contribution in [-0.2, 0) is 16.1 Å². The fourth-order valence-corrected chi connectivity index (χ4v) is 1.20. The summed E-state index contributed by atoms with van der Waals surface area (Å²) in [6.07, 6.45) is 0.831. The molecule has 0 saturated heterocycles. The standard InChI is InChI=1S/C11H14FNO2.C2H6/c1-13(15-2)11(14)7-6-9-4-3-5-10(12)8-9;1-2/h3-5,8H,6-7H2,1-2H3;1-2H3. The van der Waals surface area contributed by atoms with E-state index in [4.69, 9.17) is 4.84 Å². The third-order valence-electron chi connectivity index (χ3n) is 2.14. The van der Waals surface area contributed by atoms with E-state index in [2.05, 4.69) is 0 Å². The van der Waals surface area contributed by atoms with E-state index in [1.165, 1.54) is 24.3 Å². The van der Waals surface area contributed by atoms with Crippen molar-refractivity contribution in [1.29, 1.82) is 0 Å². The summed E-state index contributed by atoms with van der Waals surface area (Å²) < 4.78 is 12.8. The molecule has 3 nitrogen and oxygen atoms in total. The third-order valence-corrected chi connectivity index (χ3v) is 2.14. The predicted molar refractivity (Wildman–Crippen MR) is 65.8 cm³/mol. The van der Waals surface area contributed by atoms with E-state index in [9.17, 15) is 9.18 Å². The normalized spacial score (nSPS) is 9.24. The number of halogens is 1. The minimum atomic E-state index is -0.278. The number of benzene rings is 1. The van der Waals surface area contributed by atoms with Crippen molar-refractivity contribution in [2.75, 3.05) is 14.2 Å². The molecule has 0 spiro atoms. The average Bonchev–Trinajstić information content (AvgIpc) is 2.37. The molecule has 1 aromatic rings. The zero-order valence-corrected chi connectivity index (χ0v) is 10.9. The largest absolute Gasteiger partial charge is 0.275 e. The van der Waals surface area contributed by atoms with Crippen molar-refractivity contribution in [3.8, 4) is 0 Å². The number of hydroxylamine groups is 2. The minimum absolute atomic E-state index is 0.123. The van der Waals surface area contributed by atoms with Crippen LogP contribution < -0.4 is 0 Å². The van der Waals surface area contributed by atoms with Crippen LogP contribution in [-0.4, -0.2) is 25.1 Å². The van der Waals surface area contributed by atoms with E-state index in [0.717, 1.165) is 5.56 Å². The average molecular weight is 241 g/mol. The van der Waals surface area contributed by atoms with Gasteiger partial charge in [-0.15, -0.1) is 0 Å². The number of amides is 1. The van der Waals surface area contributed by atoms with Gasteiger partial charge < -0.3 is 0 Å². The first kappa shape index (κ1) is 15.6. The van der Waals surface area contributed by atoms with Crippen molar-refractivity contribution in [2.24, 2.45) is 0 Å². The monoisotopic (exact) mass is 241 g/mol. The van der Waals surface area contributed by atoms with Gasteiger partial charge in [-0.3, -0.25) is 9.63 Å². The summed E-state index contributed by atoms with van der Waals surface area (Å²) in [7, 11) is 2.98. The Morgan fingerprint density at radius 2 is 2.06 bits per heavy atom. The van der Waals surface area contributed by atoms with Crippen LogP contribution in [0.4, 0.5) is 4.39 Å². The number of carbonyl (C=O) groups is 1.